The fraction of sp³-hybridized carbons (Fsp3) is 0.529. The van der Waals surface area contributed by atoms with Crippen molar-refractivity contribution in [1.82, 2.24) is 4.90 Å². The molecule has 2 aliphatic rings. The molecule has 0 atom stereocenters. The fourth-order valence-corrected chi connectivity index (χ4v) is 3.47. The van der Waals surface area contributed by atoms with Gasteiger partial charge in [-0.25, -0.2) is 0 Å². The average Bonchev–Trinajstić information content (AvgIpc) is 2.61. The van der Waals surface area contributed by atoms with Gasteiger partial charge in [0.25, 0.3) is 0 Å². The molecule has 0 saturated heterocycles. The van der Waals surface area contributed by atoms with E-state index in [2.05, 4.69) is 11.0 Å². The van der Waals surface area contributed by atoms with Crippen LogP contribution >= 0.6 is 0 Å². The summed E-state index contributed by atoms with van der Waals surface area (Å²) in [6, 6.07) is 7.01. The highest BCUT2D eigenvalue weighted by molar-refractivity contribution is 5.83. The zero-order chi connectivity index (χ0) is 13.5. The van der Waals surface area contributed by atoms with Gasteiger partial charge in [-0.2, -0.15) is 0 Å². The van der Waals surface area contributed by atoms with E-state index in [0.717, 1.165) is 30.3 Å². The van der Waals surface area contributed by atoms with E-state index in [9.17, 15) is 0 Å². The Morgan fingerprint density at radius 3 is 2.90 bits per heavy atom. The van der Waals surface area contributed by atoms with Crippen LogP contribution in [0.3, 0.4) is 0 Å². The summed E-state index contributed by atoms with van der Waals surface area (Å²) in [5.41, 5.74) is 2.39. The van der Waals surface area contributed by atoms with Crippen molar-refractivity contribution < 1.29 is 9.15 Å². The number of ether oxygens (including phenoxy) is 1. The Hall–Kier alpha value is -1.48. The third-order valence-corrected chi connectivity index (χ3v) is 4.89. The molecule has 3 heteroatoms. The molecular formula is C17H21NO2. The predicted molar refractivity (Wildman–Crippen MR) is 79.1 cm³/mol. The van der Waals surface area contributed by atoms with Gasteiger partial charge in [-0.3, -0.25) is 4.90 Å². The van der Waals surface area contributed by atoms with Gasteiger partial charge in [0.1, 0.15) is 17.1 Å². The lowest BCUT2D eigenvalue weighted by molar-refractivity contribution is 0.122. The van der Waals surface area contributed by atoms with Crippen LogP contribution in [0.15, 0.2) is 22.6 Å². The van der Waals surface area contributed by atoms with E-state index in [0.29, 0.717) is 0 Å². The van der Waals surface area contributed by atoms with E-state index in [-0.39, 0.29) is 0 Å². The molecule has 3 nitrogen and oxygen atoms in total. The first-order chi connectivity index (χ1) is 9.85. The lowest BCUT2D eigenvalue weighted by Crippen LogP contribution is -2.39. The second kappa shape index (κ2) is 4.81. The summed E-state index contributed by atoms with van der Waals surface area (Å²) in [5, 5.41) is 1.27. The van der Waals surface area contributed by atoms with Crippen LogP contribution in [0.4, 0.5) is 0 Å². The Morgan fingerprint density at radius 1 is 1.25 bits per heavy atom. The highest BCUT2D eigenvalue weighted by Crippen LogP contribution is 2.35. The van der Waals surface area contributed by atoms with Crippen molar-refractivity contribution in [3.8, 4) is 5.75 Å². The third-order valence-electron chi connectivity index (χ3n) is 4.89. The van der Waals surface area contributed by atoms with Crippen molar-refractivity contribution in [3.63, 3.8) is 0 Å². The predicted octanol–water partition coefficient (Wildman–Crippen LogP) is 3.74. The van der Waals surface area contributed by atoms with Crippen LogP contribution in [0.2, 0.25) is 0 Å². The highest BCUT2D eigenvalue weighted by atomic mass is 16.5. The van der Waals surface area contributed by atoms with Crippen molar-refractivity contribution in [1.29, 1.82) is 0 Å². The maximum Gasteiger partial charge on any atom is 0.138 e. The summed E-state index contributed by atoms with van der Waals surface area (Å²) in [5.74, 6) is 2.06. The van der Waals surface area contributed by atoms with Gasteiger partial charge in [-0.1, -0.05) is 6.42 Å². The molecule has 0 N–H and O–H groups in total. The van der Waals surface area contributed by atoms with Gasteiger partial charge in [-0.15, -0.1) is 0 Å². The maximum absolute atomic E-state index is 6.09. The quantitative estimate of drug-likeness (QED) is 0.832. The molecule has 1 saturated carbocycles. The molecule has 1 aliphatic carbocycles. The fourth-order valence-electron chi connectivity index (χ4n) is 3.47. The van der Waals surface area contributed by atoms with Crippen LogP contribution in [-0.4, -0.2) is 24.6 Å². The summed E-state index contributed by atoms with van der Waals surface area (Å²) in [6.07, 6.45) is 6.42. The second-order valence-electron chi connectivity index (χ2n) is 6.02. The van der Waals surface area contributed by atoms with Crippen LogP contribution in [0.25, 0.3) is 11.0 Å². The molecule has 0 amide bonds. The maximum atomic E-state index is 6.09. The molecule has 106 valence electrons. The highest BCUT2D eigenvalue weighted by Gasteiger charge is 2.28. The van der Waals surface area contributed by atoms with Crippen molar-refractivity contribution in [3.05, 3.63) is 29.5 Å². The van der Waals surface area contributed by atoms with E-state index in [4.69, 9.17) is 9.15 Å². The van der Waals surface area contributed by atoms with Crippen LogP contribution < -0.4 is 4.74 Å². The standard InChI is InChI=1S/C17H21NO2/c1-19-13-7-8-14-15-11-18(12-4-2-5-12)9-3-6-16(15)20-17(14)10-13/h7-8,10,12H,2-6,9,11H2,1H3. The molecule has 1 aromatic carbocycles. The first-order valence-corrected chi connectivity index (χ1v) is 7.67. The Labute approximate surface area is 119 Å². The number of hydrogen-bond donors (Lipinski definition) is 0. The summed E-state index contributed by atoms with van der Waals surface area (Å²) >= 11 is 0. The molecule has 4 rings (SSSR count). The van der Waals surface area contributed by atoms with Crippen molar-refractivity contribution >= 4 is 11.0 Å². The third kappa shape index (κ3) is 1.92. The first-order valence-electron chi connectivity index (χ1n) is 7.67. The minimum absolute atomic E-state index is 0.809. The zero-order valence-electron chi connectivity index (χ0n) is 12.0. The van der Waals surface area contributed by atoms with E-state index in [1.807, 2.05) is 12.1 Å². The summed E-state index contributed by atoms with van der Waals surface area (Å²) in [7, 11) is 1.70. The molecular weight excluding hydrogens is 250 g/mol. The van der Waals surface area contributed by atoms with Gasteiger partial charge < -0.3 is 9.15 Å². The smallest absolute Gasteiger partial charge is 0.138 e. The van der Waals surface area contributed by atoms with Gasteiger partial charge in [0.2, 0.25) is 0 Å². The van der Waals surface area contributed by atoms with Gasteiger partial charge in [-0.05, 0) is 37.9 Å². The Bertz CT molecular complexity index is 627. The van der Waals surface area contributed by atoms with Crippen molar-refractivity contribution in [2.45, 2.75) is 44.7 Å². The number of methoxy groups -OCH3 is 1. The van der Waals surface area contributed by atoms with Gasteiger partial charge in [0.15, 0.2) is 0 Å². The minimum atomic E-state index is 0.809. The molecule has 2 aromatic rings. The molecule has 2 heterocycles. The topological polar surface area (TPSA) is 25.6 Å². The number of fused-ring (bicyclic) bond motifs is 3. The van der Waals surface area contributed by atoms with E-state index in [1.165, 1.54) is 48.9 Å². The number of aryl methyl sites for hydroxylation is 1. The van der Waals surface area contributed by atoms with E-state index in [1.54, 1.807) is 7.11 Å². The molecule has 0 bridgehead atoms. The number of benzene rings is 1. The molecule has 0 radical (unpaired) electrons. The van der Waals surface area contributed by atoms with Gasteiger partial charge in [0.05, 0.1) is 7.11 Å². The lowest BCUT2D eigenvalue weighted by Gasteiger charge is -2.36. The molecule has 20 heavy (non-hydrogen) atoms. The number of furan rings is 1. The molecule has 1 fully saturated rings. The summed E-state index contributed by atoms with van der Waals surface area (Å²) in [6.45, 7) is 2.27. The van der Waals surface area contributed by atoms with Crippen LogP contribution in [0, 0.1) is 0 Å². The normalized spacial score (nSPS) is 20.4. The van der Waals surface area contributed by atoms with Crippen LogP contribution in [0.5, 0.6) is 5.75 Å². The van der Waals surface area contributed by atoms with Crippen molar-refractivity contribution in [2.24, 2.45) is 0 Å². The summed E-state index contributed by atoms with van der Waals surface area (Å²) < 4.78 is 11.4. The second-order valence-corrected chi connectivity index (χ2v) is 6.02. The Balaban J connectivity index is 1.73. The van der Waals surface area contributed by atoms with E-state index < -0.39 is 0 Å². The van der Waals surface area contributed by atoms with Gasteiger partial charge >= 0.3 is 0 Å². The lowest BCUT2D eigenvalue weighted by atomic mass is 9.91. The van der Waals surface area contributed by atoms with E-state index >= 15 is 0 Å². The van der Waals surface area contributed by atoms with Crippen LogP contribution in [0.1, 0.15) is 37.0 Å². The largest absolute Gasteiger partial charge is 0.497 e. The Morgan fingerprint density at radius 2 is 2.15 bits per heavy atom. The number of rotatable bonds is 2. The van der Waals surface area contributed by atoms with Crippen LogP contribution in [-0.2, 0) is 13.0 Å². The molecule has 0 unspecified atom stereocenters. The minimum Gasteiger partial charge on any atom is -0.497 e. The molecule has 1 aromatic heterocycles. The SMILES string of the molecule is COc1ccc2c3c(oc2c1)CCCN(C1CCC1)C3. The molecule has 1 aliphatic heterocycles. The zero-order valence-corrected chi connectivity index (χ0v) is 12.0. The average molecular weight is 271 g/mol. The summed E-state index contributed by atoms with van der Waals surface area (Å²) in [4.78, 5) is 2.66. The Kier molecular flexibility index (Phi) is 2.95. The first kappa shape index (κ1) is 12.3. The monoisotopic (exact) mass is 271 g/mol. The number of hydrogen-bond acceptors (Lipinski definition) is 3. The molecule has 0 spiro atoms. The number of nitrogens with zero attached hydrogens (tertiary/aromatic N) is 1. The van der Waals surface area contributed by atoms with Gasteiger partial charge in [0, 0.05) is 36.0 Å². The van der Waals surface area contributed by atoms with Crippen molar-refractivity contribution in [2.75, 3.05) is 13.7 Å².